The molecule has 0 saturated heterocycles. The maximum atomic E-state index is 13.8. The molecular formula is C24H9BiF3N3O6. The van der Waals surface area contributed by atoms with Gasteiger partial charge >= 0.3 is 216 Å². The average molecular weight is 701 g/mol. The third-order valence-corrected chi connectivity index (χ3v) is 7.93. The molecule has 0 heterocycles. The number of halogens is 3. The standard InChI is InChI=1S/3C8H4FNO2.Bi/c3*9-7-2-5(4-10)1-6(3-7)8(11)12;/h3*1-3H,(H,11,12);/q;;;+3/p-3. The molecule has 13 heteroatoms. The summed E-state index contributed by atoms with van der Waals surface area (Å²) in [6.45, 7) is 0. The zero-order valence-electron chi connectivity index (χ0n) is 18.1. The van der Waals surface area contributed by atoms with Gasteiger partial charge in [0.2, 0.25) is 0 Å². The molecule has 0 spiro atoms. The summed E-state index contributed by atoms with van der Waals surface area (Å²) >= 11 is -5.00. The van der Waals surface area contributed by atoms with Gasteiger partial charge < -0.3 is 0 Å². The van der Waals surface area contributed by atoms with Crippen LogP contribution in [-0.2, 0) is 8.44 Å². The van der Waals surface area contributed by atoms with Crippen LogP contribution < -0.4 is 0 Å². The van der Waals surface area contributed by atoms with Crippen molar-refractivity contribution in [1.29, 1.82) is 15.8 Å². The first-order valence-electron chi connectivity index (χ1n) is 9.71. The molecule has 37 heavy (non-hydrogen) atoms. The van der Waals surface area contributed by atoms with E-state index in [4.69, 9.17) is 24.2 Å². The summed E-state index contributed by atoms with van der Waals surface area (Å²) in [4.78, 5) is 37.8. The van der Waals surface area contributed by atoms with Crippen molar-refractivity contribution < 1.29 is 36.0 Å². The van der Waals surface area contributed by atoms with Crippen molar-refractivity contribution in [1.82, 2.24) is 0 Å². The van der Waals surface area contributed by atoms with Gasteiger partial charge in [0.25, 0.3) is 0 Å². The number of benzene rings is 3. The number of nitriles is 3. The number of carbonyl (C=O) groups excluding carboxylic acids is 3. The van der Waals surface area contributed by atoms with E-state index in [1.165, 1.54) is 0 Å². The van der Waals surface area contributed by atoms with Gasteiger partial charge in [-0.15, -0.1) is 0 Å². The molecule has 0 atom stereocenters. The molecule has 0 N–H and O–H groups in total. The van der Waals surface area contributed by atoms with E-state index in [1.807, 2.05) is 0 Å². The molecule has 0 bridgehead atoms. The fourth-order valence-corrected chi connectivity index (χ4v) is 5.98. The van der Waals surface area contributed by atoms with Gasteiger partial charge in [0.1, 0.15) is 0 Å². The third kappa shape index (κ3) is 7.11. The molecule has 0 aromatic heterocycles. The molecule has 3 rings (SSSR count). The van der Waals surface area contributed by atoms with Crippen LogP contribution in [0, 0.1) is 51.4 Å². The van der Waals surface area contributed by atoms with Crippen molar-refractivity contribution in [2.75, 3.05) is 0 Å². The second-order valence-corrected chi connectivity index (χ2v) is 10.7. The van der Waals surface area contributed by atoms with Crippen molar-refractivity contribution >= 4 is 41.0 Å². The van der Waals surface area contributed by atoms with Crippen molar-refractivity contribution in [3.63, 3.8) is 0 Å². The quantitative estimate of drug-likeness (QED) is 0.352. The van der Waals surface area contributed by atoms with Gasteiger partial charge in [0.05, 0.1) is 0 Å². The first-order chi connectivity index (χ1) is 17.6. The number of hydrogen-bond donors (Lipinski definition) is 0. The van der Waals surface area contributed by atoms with Crippen LogP contribution in [-0.4, -0.2) is 41.0 Å². The van der Waals surface area contributed by atoms with Gasteiger partial charge in [-0.3, -0.25) is 0 Å². The molecule has 3 aromatic carbocycles. The molecule has 3 aromatic rings. The summed E-state index contributed by atoms with van der Waals surface area (Å²) in [6, 6.07) is 12.4. The van der Waals surface area contributed by atoms with Crippen LogP contribution in [0.25, 0.3) is 0 Å². The molecule has 182 valence electrons. The van der Waals surface area contributed by atoms with Crippen LogP contribution in [0.5, 0.6) is 0 Å². The summed E-state index contributed by atoms with van der Waals surface area (Å²) < 4.78 is 56.4. The molecule has 0 unspecified atom stereocenters. The molecule has 0 aliphatic carbocycles. The molecule has 9 nitrogen and oxygen atoms in total. The van der Waals surface area contributed by atoms with Crippen LogP contribution in [0.3, 0.4) is 0 Å². The fraction of sp³-hybridized carbons (Fsp3) is 0. The molecule has 0 fully saturated rings. The second-order valence-electron chi connectivity index (χ2n) is 6.88. The zero-order chi connectivity index (χ0) is 27.1. The van der Waals surface area contributed by atoms with Crippen LogP contribution in [0.2, 0.25) is 0 Å². The van der Waals surface area contributed by atoms with Gasteiger partial charge in [-0.05, 0) is 0 Å². The van der Waals surface area contributed by atoms with E-state index < -0.39 is 75.1 Å². The van der Waals surface area contributed by atoms with Gasteiger partial charge in [-0.25, -0.2) is 0 Å². The van der Waals surface area contributed by atoms with E-state index >= 15 is 0 Å². The summed E-state index contributed by atoms with van der Waals surface area (Å²) in [5.74, 6) is -6.83. The Balaban J connectivity index is 1.92. The monoisotopic (exact) mass is 701 g/mol. The van der Waals surface area contributed by atoms with E-state index in [0.717, 1.165) is 36.4 Å². The van der Waals surface area contributed by atoms with E-state index in [1.54, 1.807) is 18.2 Å². The van der Waals surface area contributed by atoms with Crippen LogP contribution in [0.15, 0.2) is 54.6 Å². The summed E-state index contributed by atoms with van der Waals surface area (Å²) in [5.41, 5.74) is -2.13. The van der Waals surface area contributed by atoms with Crippen molar-refractivity contribution in [3.05, 3.63) is 105 Å². The Morgan fingerprint density at radius 1 is 0.541 bits per heavy atom. The molecule has 0 aliphatic rings. The summed E-state index contributed by atoms with van der Waals surface area (Å²) in [7, 11) is 0. The van der Waals surface area contributed by atoms with Crippen LogP contribution in [0.1, 0.15) is 47.8 Å². The maximum absolute atomic E-state index is 13.8. The Kier molecular flexibility index (Phi) is 8.52. The van der Waals surface area contributed by atoms with Gasteiger partial charge in [-0.2, -0.15) is 0 Å². The van der Waals surface area contributed by atoms with Crippen molar-refractivity contribution in [2.45, 2.75) is 0 Å². The second kappa shape index (κ2) is 11.8. The summed E-state index contributed by atoms with van der Waals surface area (Å²) in [5, 5.41) is 26.9. The predicted molar refractivity (Wildman–Crippen MR) is 115 cm³/mol. The third-order valence-electron chi connectivity index (χ3n) is 4.26. The van der Waals surface area contributed by atoms with E-state index in [2.05, 4.69) is 0 Å². The summed E-state index contributed by atoms with van der Waals surface area (Å²) in [6.07, 6.45) is 0. The van der Waals surface area contributed by atoms with E-state index in [-0.39, 0.29) is 16.7 Å². The van der Waals surface area contributed by atoms with E-state index in [9.17, 15) is 27.6 Å². The van der Waals surface area contributed by atoms with Gasteiger partial charge in [-0.1, -0.05) is 0 Å². The Morgan fingerprint density at radius 2 is 0.811 bits per heavy atom. The molecule has 0 saturated carbocycles. The Labute approximate surface area is 216 Å². The molecular weight excluding hydrogens is 692 g/mol. The number of carbonyl (C=O) groups is 3. The number of rotatable bonds is 6. The van der Waals surface area contributed by atoms with Crippen LogP contribution in [0.4, 0.5) is 13.2 Å². The average Bonchev–Trinajstić information content (AvgIpc) is 2.87. The fourth-order valence-electron chi connectivity index (χ4n) is 2.73. The minimum atomic E-state index is -5.00. The minimum absolute atomic E-state index is 0.237. The SMILES string of the molecule is N#Cc1cc(F)cc(C(=O)[O][Bi]([O]C(=O)c2cc(F)cc(C#N)c2)[O]C(=O)c2cc(F)cc(C#N)c2)c1. The zero-order valence-corrected chi connectivity index (χ0v) is 21.5. The Bertz CT molecular complexity index is 1370. The molecule has 0 aliphatic heterocycles. The topological polar surface area (TPSA) is 150 Å². The van der Waals surface area contributed by atoms with Gasteiger partial charge in [0.15, 0.2) is 0 Å². The first-order valence-corrected chi connectivity index (χ1v) is 14.0. The van der Waals surface area contributed by atoms with Crippen molar-refractivity contribution in [2.24, 2.45) is 0 Å². The Hall–Kier alpha value is -4.79. The molecule has 0 amide bonds. The van der Waals surface area contributed by atoms with Gasteiger partial charge in [0, 0.05) is 0 Å². The number of nitrogens with zero attached hydrogens (tertiary/aromatic N) is 3. The first kappa shape index (κ1) is 26.8. The normalized spacial score (nSPS) is 9.97. The molecule has 0 radical (unpaired) electrons. The van der Waals surface area contributed by atoms with Crippen LogP contribution >= 0.6 is 0 Å². The predicted octanol–water partition coefficient (Wildman–Crippen LogP) is 3.57. The number of hydrogen-bond acceptors (Lipinski definition) is 9. The van der Waals surface area contributed by atoms with Crippen molar-refractivity contribution in [3.8, 4) is 18.2 Å². The van der Waals surface area contributed by atoms with E-state index in [0.29, 0.717) is 18.2 Å². The Morgan fingerprint density at radius 3 is 1.05 bits per heavy atom.